The molecule has 0 radical (unpaired) electrons. The van der Waals surface area contributed by atoms with Gasteiger partial charge in [0.15, 0.2) is 0 Å². The number of benzene rings is 2. The van der Waals surface area contributed by atoms with Crippen LogP contribution >= 0.6 is 39.1 Å². The molecule has 0 nitrogen and oxygen atoms in total. The van der Waals surface area contributed by atoms with Crippen molar-refractivity contribution in [2.45, 2.75) is 4.83 Å². The van der Waals surface area contributed by atoms with Crippen molar-refractivity contribution >= 4 is 39.1 Å². The molecule has 0 saturated heterocycles. The third-order valence-electron chi connectivity index (χ3n) is 2.53. The highest BCUT2D eigenvalue weighted by Crippen LogP contribution is 2.36. The first-order chi connectivity index (χ1) is 8.90. The fourth-order valence-corrected chi connectivity index (χ4v) is 2.66. The Balaban J connectivity index is 2.49. The minimum absolute atomic E-state index is 0.270. The molecule has 0 bridgehead atoms. The lowest BCUT2D eigenvalue weighted by Crippen LogP contribution is -2.02. The maximum Gasteiger partial charge on any atom is 0.133 e. The van der Waals surface area contributed by atoms with Gasteiger partial charge in [0.25, 0.3) is 0 Å². The summed E-state index contributed by atoms with van der Waals surface area (Å²) in [5.41, 5.74) is 0.235. The minimum Gasteiger partial charge on any atom is -0.207 e. The zero-order valence-corrected chi connectivity index (χ0v) is 12.3. The Kier molecular flexibility index (Phi) is 4.43. The number of hydrogen-bond acceptors (Lipinski definition) is 0. The molecule has 0 aliphatic carbocycles. The van der Waals surface area contributed by atoms with Gasteiger partial charge in [-0.05, 0) is 17.7 Å². The summed E-state index contributed by atoms with van der Waals surface area (Å²) in [5, 5.41) is 0.608. The van der Waals surface area contributed by atoms with Gasteiger partial charge in [-0.15, -0.1) is 0 Å². The van der Waals surface area contributed by atoms with Crippen LogP contribution in [0.4, 0.5) is 13.2 Å². The molecule has 19 heavy (non-hydrogen) atoms. The van der Waals surface area contributed by atoms with Crippen molar-refractivity contribution in [1.82, 2.24) is 0 Å². The Morgan fingerprint density at radius 1 is 0.895 bits per heavy atom. The first-order valence-electron chi connectivity index (χ1n) is 5.13. The summed E-state index contributed by atoms with van der Waals surface area (Å²) in [6.07, 6.45) is 0. The van der Waals surface area contributed by atoms with Crippen LogP contribution in [0.25, 0.3) is 0 Å². The van der Waals surface area contributed by atoms with E-state index in [2.05, 4.69) is 15.9 Å². The van der Waals surface area contributed by atoms with Crippen LogP contribution < -0.4 is 0 Å². The molecule has 0 aliphatic rings. The van der Waals surface area contributed by atoms with Gasteiger partial charge < -0.3 is 0 Å². The minimum atomic E-state index is -0.967. The smallest absolute Gasteiger partial charge is 0.133 e. The predicted octanol–water partition coefficient (Wildman–Crippen LogP) is 5.90. The van der Waals surface area contributed by atoms with Crippen LogP contribution in [0.1, 0.15) is 16.0 Å². The molecule has 2 rings (SSSR count). The van der Waals surface area contributed by atoms with Crippen molar-refractivity contribution in [2.24, 2.45) is 0 Å². The second kappa shape index (κ2) is 5.73. The number of halogens is 6. The highest BCUT2D eigenvalue weighted by atomic mass is 79.9. The van der Waals surface area contributed by atoms with Crippen molar-refractivity contribution in [1.29, 1.82) is 0 Å². The van der Waals surface area contributed by atoms with Gasteiger partial charge in [-0.3, -0.25) is 0 Å². The van der Waals surface area contributed by atoms with Crippen LogP contribution in [0, 0.1) is 17.5 Å². The molecule has 0 saturated carbocycles. The Bertz CT molecular complexity index is 608. The van der Waals surface area contributed by atoms with E-state index >= 15 is 0 Å². The van der Waals surface area contributed by atoms with E-state index in [9.17, 15) is 13.2 Å². The maximum absolute atomic E-state index is 13.7. The molecule has 0 amide bonds. The molecule has 2 aromatic rings. The third-order valence-corrected chi connectivity index (χ3v) is 4.26. The highest BCUT2D eigenvalue weighted by molar-refractivity contribution is 9.09. The second-order valence-electron chi connectivity index (χ2n) is 3.82. The van der Waals surface area contributed by atoms with E-state index in [0.717, 1.165) is 0 Å². The summed E-state index contributed by atoms with van der Waals surface area (Å²) in [4.78, 5) is -0.789. The van der Waals surface area contributed by atoms with Crippen molar-refractivity contribution in [2.75, 3.05) is 0 Å². The fraction of sp³-hybridized carbons (Fsp3) is 0.0769. The Morgan fingerprint density at radius 2 is 1.47 bits per heavy atom. The normalized spacial score (nSPS) is 12.5. The van der Waals surface area contributed by atoms with E-state index in [1.165, 1.54) is 12.1 Å². The zero-order chi connectivity index (χ0) is 14.2. The molecular weight excluding hydrogens is 364 g/mol. The highest BCUT2D eigenvalue weighted by Gasteiger charge is 2.21. The van der Waals surface area contributed by atoms with Crippen molar-refractivity contribution in [3.63, 3.8) is 0 Å². The summed E-state index contributed by atoms with van der Waals surface area (Å²) in [6, 6.07) is 5.85. The van der Waals surface area contributed by atoms with Crippen LogP contribution in [-0.2, 0) is 0 Å². The van der Waals surface area contributed by atoms with Gasteiger partial charge in [-0.25, -0.2) is 13.2 Å². The van der Waals surface area contributed by atoms with Crippen LogP contribution in [0.3, 0.4) is 0 Å². The first kappa shape index (κ1) is 14.7. The monoisotopic (exact) mass is 368 g/mol. The van der Waals surface area contributed by atoms with Crippen LogP contribution in [-0.4, -0.2) is 0 Å². The first-order valence-corrected chi connectivity index (χ1v) is 6.80. The van der Waals surface area contributed by atoms with Crippen molar-refractivity contribution < 1.29 is 13.2 Å². The average molecular weight is 370 g/mol. The standard InChI is InChI=1S/C13H6BrCl2F3/c14-13(6-1-2-8(15)9(16)3-6)12-10(18)4-7(17)5-11(12)19/h1-5,13H. The topological polar surface area (TPSA) is 0 Å². The molecule has 0 fully saturated rings. The number of rotatable bonds is 2. The van der Waals surface area contributed by atoms with Gasteiger partial charge >= 0.3 is 0 Å². The molecule has 0 heterocycles. The van der Waals surface area contributed by atoms with E-state index in [1.807, 2.05) is 0 Å². The fourth-order valence-electron chi connectivity index (χ4n) is 1.63. The SMILES string of the molecule is Fc1cc(F)c(C(Br)c2ccc(Cl)c(Cl)c2)c(F)c1. The summed E-state index contributed by atoms with van der Waals surface area (Å²) < 4.78 is 40.2. The van der Waals surface area contributed by atoms with E-state index < -0.39 is 22.3 Å². The molecule has 1 atom stereocenters. The lowest BCUT2D eigenvalue weighted by Gasteiger charge is -2.13. The van der Waals surface area contributed by atoms with E-state index in [4.69, 9.17) is 23.2 Å². The van der Waals surface area contributed by atoms with Gasteiger partial charge in [-0.1, -0.05) is 45.2 Å². The summed E-state index contributed by atoms with van der Waals surface area (Å²) in [6.45, 7) is 0. The van der Waals surface area contributed by atoms with Gasteiger partial charge in [0, 0.05) is 17.7 Å². The predicted molar refractivity (Wildman–Crippen MR) is 73.5 cm³/mol. The van der Waals surface area contributed by atoms with E-state index in [-0.39, 0.29) is 10.6 Å². The second-order valence-corrected chi connectivity index (χ2v) is 5.55. The Hall–Kier alpha value is -0.710. The molecule has 1 unspecified atom stereocenters. The molecule has 6 heteroatoms. The summed E-state index contributed by atoms with van der Waals surface area (Å²) in [7, 11) is 0. The van der Waals surface area contributed by atoms with Crippen molar-refractivity contribution in [3.05, 3.63) is 69.0 Å². The van der Waals surface area contributed by atoms with Gasteiger partial charge in [0.2, 0.25) is 0 Å². The molecular formula is C13H6BrCl2F3. The average Bonchev–Trinajstić information content (AvgIpc) is 2.31. The molecule has 0 aromatic heterocycles. The quantitative estimate of drug-likeness (QED) is 0.578. The molecule has 2 aromatic carbocycles. The number of hydrogen-bond donors (Lipinski definition) is 0. The maximum atomic E-state index is 13.7. The summed E-state index contributed by atoms with van der Waals surface area (Å²) in [5.74, 6) is -2.90. The lowest BCUT2D eigenvalue weighted by atomic mass is 10.0. The van der Waals surface area contributed by atoms with E-state index in [0.29, 0.717) is 22.7 Å². The Labute approximate surface area is 126 Å². The molecule has 0 aliphatic heterocycles. The van der Waals surface area contributed by atoms with Gasteiger partial charge in [0.1, 0.15) is 17.5 Å². The summed E-state index contributed by atoms with van der Waals surface area (Å²) >= 11 is 14.8. The third kappa shape index (κ3) is 3.07. The molecule has 100 valence electrons. The lowest BCUT2D eigenvalue weighted by molar-refractivity contribution is 0.527. The van der Waals surface area contributed by atoms with Crippen LogP contribution in [0.5, 0.6) is 0 Å². The molecule has 0 spiro atoms. The van der Waals surface area contributed by atoms with Gasteiger partial charge in [0.05, 0.1) is 14.9 Å². The zero-order valence-electron chi connectivity index (χ0n) is 9.23. The van der Waals surface area contributed by atoms with Crippen LogP contribution in [0.15, 0.2) is 30.3 Å². The van der Waals surface area contributed by atoms with Crippen molar-refractivity contribution in [3.8, 4) is 0 Å². The molecule has 0 N–H and O–H groups in total. The van der Waals surface area contributed by atoms with E-state index in [1.54, 1.807) is 6.07 Å². The van der Waals surface area contributed by atoms with Crippen LogP contribution in [0.2, 0.25) is 10.0 Å². The van der Waals surface area contributed by atoms with Gasteiger partial charge in [-0.2, -0.15) is 0 Å². The largest absolute Gasteiger partial charge is 0.207 e. The Morgan fingerprint density at radius 3 is 2.00 bits per heavy atom. The number of alkyl halides is 1.